The second kappa shape index (κ2) is 6.97. The molecule has 0 aliphatic heterocycles. The van der Waals surface area contributed by atoms with Crippen LogP contribution in [0.2, 0.25) is 10.0 Å². The summed E-state index contributed by atoms with van der Waals surface area (Å²) in [6.45, 7) is 3.36. The van der Waals surface area contributed by atoms with Gasteiger partial charge >= 0.3 is 11.6 Å². The van der Waals surface area contributed by atoms with Gasteiger partial charge in [-0.05, 0) is 31.0 Å². The first-order valence-electron chi connectivity index (χ1n) is 7.88. The summed E-state index contributed by atoms with van der Waals surface area (Å²) >= 11 is 11.9. The highest BCUT2D eigenvalue weighted by Gasteiger charge is 2.28. The zero-order valence-corrected chi connectivity index (χ0v) is 15.6. The number of fused-ring (bicyclic) bond motifs is 1. The summed E-state index contributed by atoms with van der Waals surface area (Å²) in [5.74, 6) is -0.670. The molecule has 26 heavy (non-hydrogen) atoms. The summed E-state index contributed by atoms with van der Waals surface area (Å²) in [6.07, 6.45) is 0.709. The molecule has 0 saturated carbocycles. The number of hydrogen-bond donors (Lipinski definition) is 1. The fourth-order valence-electron chi connectivity index (χ4n) is 2.78. The number of rotatable bonds is 3. The molecule has 1 heterocycles. The van der Waals surface area contributed by atoms with E-state index in [1.54, 1.807) is 12.1 Å². The second-order valence-electron chi connectivity index (χ2n) is 5.74. The summed E-state index contributed by atoms with van der Waals surface area (Å²) in [5, 5.41) is 15.5. The number of carbonyl (C=O) groups excluding carboxylic acids is 1. The molecule has 0 radical (unpaired) electrons. The molecule has 0 aliphatic rings. The third-order valence-electron chi connectivity index (χ3n) is 4.17. The van der Waals surface area contributed by atoms with E-state index in [1.165, 1.54) is 19.1 Å². The van der Waals surface area contributed by atoms with Crippen molar-refractivity contribution >= 4 is 45.8 Å². The zero-order valence-electron chi connectivity index (χ0n) is 14.0. The number of nitrogens with zero attached hydrogens (tertiary/aromatic N) is 2. The molecular weight excluding hydrogens is 377 g/mol. The molecule has 134 valence electrons. The molecule has 6 nitrogen and oxygen atoms in total. The van der Waals surface area contributed by atoms with Gasteiger partial charge in [0.25, 0.3) is 5.52 Å². The summed E-state index contributed by atoms with van der Waals surface area (Å²) in [5.41, 5.74) is 1.19. The van der Waals surface area contributed by atoms with Gasteiger partial charge in [0.15, 0.2) is 0 Å². The molecule has 1 N–H and O–H groups in total. The van der Waals surface area contributed by atoms with E-state index in [-0.39, 0.29) is 32.5 Å². The minimum atomic E-state index is -0.670. The first-order valence-corrected chi connectivity index (χ1v) is 8.64. The SMILES string of the molecule is CCc1ccccc1NC(=O)c1c(C)n([O-])c2cc(Cl)c(Cl)cc2[n+]1=O. The third kappa shape index (κ3) is 3.02. The number of hydrogen-bond acceptors (Lipinski definition) is 3. The minimum Gasteiger partial charge on any atom is -0.805 e. The van der Waals surface area contributed by atoms with Crippen LogP contribution < -0.4 is 9.74 Å². The largest absolute Gasteiger partial charge is 0.805 e. The molecule has 0 aliphatic carbocycles. The van der Waals surface area contributed by atoms with Gasteiger partial charge in [0.05, 0.1) is 20.2 Å². The maximum Gasteiger partial charge on any atom is 0.346 e. The highest BCUT2D eigenvalue weighted by molar-refractivity contribution is 6.42. The lowest BCUT2D eigenvalue weighted by Gasteiger charge is -2.17. The van der Waals surface area contributed by atoms with Gasteiger partial charge in [-0.25, -0.2) is 0 Å². The maximum atomic E-state index is 12.8. The van der Waals surface area contributed by atoms with E-state index in [2.05, 4.69) is 5.32 Å². The Balaban J connectivity index is 2.17. The van der Waals surface area contributed by atoms with Crippen LogP contribution in [0.15, 0.2) is 36.4 Å². The standard InChI is InChI=1S/C18H15Cl2N3O3/c1-3-11-6-4-5-7-14(11)21-18(24)17-10(2)22(25)15-8-12(19)13(20)9-16(15)23(17)26/h4-9H,3H2,1-2H3,(H,21,24). The lowest BCUT2D eigenvalue weighted by atomic mass is 10.1. The molecule has 2 aromatic carbocycles. The Labute approximate surface area is 159 Å². The van der Waals surface area contributed by atoms with Crippen LogP contribution in [-0.2, 0) is 6.42 Å². The molecule has 0 spiro atoms. The molecule has 3 rings (SSSR count). The molecule has 8 heteroatoms. The quantitative estimate of drug-likeness (QED) is 0.674. The molecule has 1 aromatic heterocycles. The Morgan fingerprint density at radius 3 is 2.58 bits per heavy atom. The predicted molar refractivity (Wildman–Crippen MR) is 103 cm³/mol. The highest BCUT2D eigenvalue weighted by Crippen LogP contribution is 2.27. The van der Waals surface area contributed by atoms with Crippen LogP contribution >= 0.6 is 23.2 Å². The van der Waals surface area contributed by atoms with Crippen molar-refractivity contribution in [2.24, 2.45) is 0 Å². The van der Waals surface area contributed by atoms with Gasteiger partial charge < -0.3 is 15.3 Å². The molecule has 0 atom stereocenters. The van der Waals surface area contributed by atoms with Gasteiger partial charge in [0.2, 0.25) is 0 Å². The van der Waals surface area contributed by atoms with Crippen molar-refractivity contribution in [3.63, 3.8) is 0 Å². The van der Waals surface area contributed by atoms with Gasteiger partial charge in [0.1, 0.15) is 5.52 Å². The molecule has 0 unspecified atom stereocenters. The smallest absolute Gasteiger partial charge is 0.346 e. The van der Waals surface area contributed by atoms with E-state index in [0.29, 0.717) is 21.3 Å². The van der Waals surface area contributed by atoms with Gasteiger partial charge in [0, 0.05) is 16.7 Å². The molecular formula is C18H15Cl2N3O3. The van der Waals surface area contributed by atoms with E-state index >= 15 is 0 Å². The lowest BCUT2D eigenvalue weighted by Crippen LogP contribution is -2.33. The molecule has 1 amide bonds. The van der Waals surface area contributed by atoms with Gasteiger partial charge in [-0.2, -0.15) is 0 Å². The Kier molecular flexibility index (Phi) is 4.89. The number of aryl methyl sites for hydroxylation is 1. The van der Waals surface area contributed by atoms with Crippen molar-refractivity contribution in [1.82, 2.24) is 4.73 Å². The summed E-state index contributed by atoms with van der Waals surface area (Å²) in [6, 6.07) is 9.84. The van der Waals surface area contributed by atoms with Crippen molar-refractivity contribution in [3.8, 4) is 0 Å². The predicted octanol–water partition coefficient (Wildman–Crippen LogP) is 4.33. The number of amides is 1. The number of aromatic nitrogens is 2. The van der Waals surface area contributed by atoms with Crippen LogP contribution in [0.25, 0.3) is 11.0 Å². The molecule has 0 saturated heterocycles. The van der Waals surface area contributed by atoms with Crippen LogP contribution in [0.3, 0.4) is 0 Å². The number of carbonyl (C=O) groups is 1. The summed E-state index contributed by atoms with van der Waals surface area (Å²) in [7, 11) is 0. The normalized spacial score (nSPS) is 10.9. The number of para-hydroxylation sites is 1. The van der Waals surface area contributed by atoms with Crippen molar-refractivity contribution in [1.29, 1.82) is 0 Å². The van der Waals surface area contributed by atoms with Crippen LogP contribution in [0.5, 0.6) is 0 Å². The van der Waals surface area contributed by atoms with Gasteiger partial charge in [-0.3, -0.25) is 4.79 Å². The van der Waals surface area contributed by atoms with Crippen LogP contribution in [0.1, 0.15) is 28.7 Å². The average Bonchev–Trinajstić information content (AvgIpc) is 2.62. The fourth-order valence-corrected chi connectivity index (χ4v) is 3.10. The lowest BCUT2D eigenvalue weighted by molar-refractivity contribution is -0.468. The highest BCUT2D eigenvalue weighted by atomic mass is 35.5. The third-order valence-corrected chi connectivity index (χ3v) is 4.89. The second-order valence-corrected chi connectivity index (χ2v) is 6.56. The van der Waals surface area contributed by atoms with Crippen molar-refractivity contribution in [2.75, 3.05) is 5.32 Å². The molecule has 3 aromatic rings. The first-order chi connectivity index (χ1) is 12.3. The Bertz CT molecular complexity index is 1090. The van der Waals surface area contributed by atoms with E-state index in [4.69, 9.17) is 23.2 Å². The fraction of sp³-hybridized carbons (Fsp3) is 0.167. The number of benzene rings is 2. The van der Waals surface area contributed by atoms with E-state index < -0.39 is 5.91 Å². The van der Waals surface area contributed by atoms with E-state index in [9.17, 15) is 14.9 Å². The van der Waals surface area contributed by atoms with Crippen molar-refractivity contribution < 1.29 is 9.22 Å². The maximum absolute atomic E-state index is 12.8. The molecule has 0 fully saturated rings. The van der Waals surface area contributed by atoms with E-state index in [0.717, 1.165) is 5.56 Å². The minimum absolute atomic E-state index is 0.0302. The summed E-state index contributed by atoms with van der Waals surface area (Å²) in [4.78, 5) is 25.5. The Morgan fingerprint density at radius 2 is 1.88 bits per heavy atom. The topological polar surface area (TPSA) is 80.1 Å². The van der Waals surface area contributed by atoms with Crippen LogP contribution in [0, 0.1) is 17.0 Å². The zero-order chi connectivity index (χ0) is 19.0. The first kappa shape index (κ1) is 18.2. The number of halogens is 2. The van der Waals surface area contributed by atoms with Crippen molar-refractivity contribution in [3.05, 3.63) is 73.5 Å². The monoisotopic (exact) mass is 391 g/mol. The van der Waals surface area contributed by atoms with Gasteiger partial charge in [-0.15, -0.1) is 0 Å². The Hall–Kier alpha value is -2.57. The average molecular weight is 392 g/mol. The number of anilines is 1. The molecule has 0 bridgehead atoms. The van der Waals surface area contributed by atoms with E-state index in [1.807, 2.05) is 19.1 Å². The van der Waals surface area contributed by atoms with Crippen LogP contribution in [0.4, 0.5) is 5.69 Å². The Morgan fingerprint density at radius 1 is 1.23 bits per heavy atom. The van der Waals surface area contributed by atoms with Gasteiger partial charge in [-0.1, -0.05) is 48.3 Å². The van der Waals surface area contributed by atoms with Crippen LogP contribution in [-0.4, -0.2) is 10.6 Å². The summed E-state index contributed by atoms with van der Waals surface area (Å²) < 4.78 is 0.914. The van der Waals surface area contributed by atoms with Crippen molar-refractivity contribution in [2.45, 2.75) is 20.3 Å². The number of nitrogens with one attached hydrogen (secondary N) is 1.